The molecule has 1 saturated heterocycles. The first-order valence-corrected chi connectivity index (χ1v) is 12.2. The highest BCUT2D eigenvalue weighted by molar-refractivity contribution is 7.90. The number of anilines is 1. The van der Waals surface area contributed by atoms with E-state index >= 15 is 0 Å². The van der Waals surface area contributed by atoms with Gasteiger partial charge in [-0.3, -0.25) is 4.90 Å². The quantitative estimate of drug-likeness (QED) is 0.789. The van der Waals surface area contributed by atoms with Crippen molar-refractivity contribution in [3.05, 3.63) is 53.1 Å². The van der Waals surface area contributed by atoms with Crippen molar-refractivity contribution in [2.24, 2.45) is 5.92 Å². The minimum Gasteiger partial charge on any atom is -0.392 e. The van der Waals surface area contributed by atoms with Crippen molar-refractivity contribution < 1.29 is 18.3 Å². The second-order valence-corrected chi connectivity index (χ2v) is 10.5. The van der Waals surface area contributed by atoms with Crippen LogP contribution in [0, 0.1) is 19.8 Å². The molecule has 2 aromatic rings. The summed E-state index contributed by atoms with van der Waals surface area (Å²) in [5, 5.41) is 9.43. The van der Waals surface area contributed by atoms with Gasteiger partial charge >= 0.3 is 6.03 Å². The van der Waals surface area contributed by atoms with Crippen LogP contribution in [0.15, 0.2) is 36.4 Å². The molecule has 0 aromatic heterocycles. The Labute approximate surface area is 179 Å². The summed E-state index contributed by atoms with van der Waals surface area (Å²) in [5.74, 6) is 0.127. The van der Waals surface area contributed by atoms with E-state index in [1.807, 2.05) is 50.2 Å². The lowest BCUT2D eigenvalue weighted by Crippen LogP contribution is -2.40. The molecule has 1 aliphatic rings. The van der Waals surface area contributed by atoms with Gasteiger partial charge in [-0.15, -0.1) is 0 Å². The highest BCUT2D eigenvalue weighted by Crippen LogP contribution is 2.32. The summed E-state index contributed by atoms with van der Waals surface area (Å²) in [6.07, 6.45) is 1.96. The predicted molar refractivity (Wildman–Crippen MR) is 120 cm³/mol. The molecule has 30 heavy (non-hydrogen) atoms. The summed E-state index contributed by atoms with van der Waals surface area (Å²) in [7, 11) is -1.29. The lowest BCUT2D eigenvalue weighted by atomic mass is 9.94. The fourth-order valence-corrected chi connectivity index (χ4v) is 5.44. The van der Waals surface area contributed by atoms with Gasteiger partial charge in [-0.25, -0.2) is 13.2 Å². The van der Waals surface area contributed by atoms with Gasteiger partial charge in [0.2, 0.25) is 0 Å². The molecule has 0 bridgehead atoms. The topological polar surface area (TPSA) is 77.9 Å². The number of rotatable bonds is 5. The zero-order valence-electron chi connectivity index (χ0n) is 18.1. The fraction of sp³-hybridized carbons (Fsp3) is 0.435. The Morgan fingerprint density at radius 1 is 1.20 bits per heavy atom. The van der Waals surface area contributed by atoms with Crippen molar-refractivity contribution in [2.45, 2.75) is 26.9 Å². The van der Waals surface area contributed by atoms with Crippen LogP contribution in [0.5, 0.6) is 0 Å². The maximum absolute atomic E-state index is 13.0. The van der Waals surface area contributed by atoms with E-state index in [1.54, 1.807) is 16.8 Å². The molecular formula is C23H30N2O4S. The number of nitrogens with zero attached hydrogens (tertiary/aromatic N) is 2. The third-order valence-electron chi connectivity index (χ3n) is 5.68. The molecule has 0 saturated carbocycles. The molecule has 1 aliphatic heterocycles. The highest BCUT2D eigenvalue weighted by Gasteiger charge is 2.30. The van der Waals surface area contributed by atoms with E-state index in [9.17, 15) is 18.3 Å². The maximum atomic E-state index is 13.0. The molecule has 1 N–H and O–H groups in total. The second kappa shape index (κ2) is 8.78. The Kier molecular flexibility index (Phi) is 6.53. The molecule has 162 valence electrons. The fourth-order valence-electron chi connectivity index (χ4n) is 4.31. The number of carbonyl (C=O) groups is 1. The van der Waals surface area contributed by atoms with Crippen molar-refractivity contribution in [1.29, 1.82) is 0 Å². The molecule has 1 fully saturated rings. The van der Waals surface area contributed by atoms with Crippen LogP contribution in [0.2, 0.25) is 0 Å². The van der Waals surface area contributed by atoms with Crippen molar-refractivity contribution >= 4 is 21.6 Å². The van der Waals surface area contributed by atoms with Crippen LogP contribution in [0.4, 0.5) is 10.5 Å². The smallest absolute Gasteiger partial charge is 0.324 e. The molecule has 6 nitrogen and oxygen atoms in total. The summed E-state index contributed by atoms with van der Waals surface area (Å²) in [6, 6.07) is 11.7. The molecule has 2 aromatic carbocycles. The van der Waals surface area contributed by atoms with Gasteiger partial charge < -0.3 is 10.0 Å². The SMILES string of the molecule is Cc1cc(N(C)C(=O)N2CC[C@@H](CS(C)(=O)=O)C2)cc(C)c1-c1cccc(CO)c1. The Morgan fingerprint density at radius 2 is 1.87 bits per heavy atom. The minimum absolute atomic E-state index is 0.00185. The van der Waals surface area contributed by atoms with Gasteiger partial charge in [0.05, 0.1) is 12.4 Å². The summed E-state index contributed by atoms with van der Waals surface area (Å²) in [6.45, 7) is 5.09. The number of urea groups is 1. The van der Waals surface area contributed by atoms with Crippen LogP contribution >= 0.6 is 0 Å². The zero-order valence-corrected chi connectivity index (χ0v) is 18.9. The Hall–Kier alpha value is -2.38. The molecule has 0 spiro atoms. The minimum atomic E-state index is -3.04. The number of aliphatic hydroxyl groups excluding tert-OH is 1. The number of likely N-dealkylation sites (tertiary alicyclic amines) is 1. The summed E-state index contributed by atoms with van der Waals surface area (Å²) in [5.41, 5.74) is 5.92. The van der Waals surface area contributed by atoms with E-state index in [1.165, 1.54) is 6.26 Å². The lowest BCUT2D eigenvalue weighted by molar-refractivity contribution is 0.215. The highest BCUT2D eigenvalue weighted by atomic mass is 32.2. The third kappa shape index (κ3) is 5.02. The van der Waals surface area contributed by atoms with Gasteiger partial charge in [0.25, 0.3) is 0 Å². The normalized spacial score (nSPS) is 16.7. The largest absolute Gasteiger partial charge is 0.392 e. The van der Waals surface area contributed by atoms with E-state index < -0.39 is 9.84 Å². The molecule has 0 radical (unpaired) electrons. The Morgan fingerprint density at radius 3 is 2.47 bits per heavy atom. The second-order valence-electron chi connectivity index (χ2n) is 8.35. The molecule has 1 atom stereocenters. The summed E-state index contributed by atoms with van der Waals surface area (Å²) >= 11 is 0. The van der Waals surface area contributed by atoms with Crippen LogP contribution in [-0.4, -0.2) is 56.6 Å². The molecule has 7 heteroatoms. The standard InChI is InChI=1S/C23H30N2O4S/c1-16-10-21(11-17(2)22(16)20-7-5-6-18(12-20)14-26)24(3)23(27)25-9-8-19(13-25)15-30(4,28)29/h5-7,10-12,19,26H,8-9,13-15H2,1-4H3/t19-/m1/s1. The number of amides is 2. The summed E-state index contributed by atoms with van der Waals surface area (Å²) in [4.78, 5) is 16.4. The van der Waals surface area contributed by atoms with Gasteiger partial charge in [0.1, 0.15) is 9.84 Å². The molecule has 0 unspecified atom stereocenters. The monoisotopic (exact) mass is 430 g/mol. The predicted octanol–water partition coefficient (Wildman–Crippen LogP) is 3.39. The van der Waals surface area contributed by atoms with Crippen LogP contribution in [0.1, 0.15) is 23.1 Å². The van der Waals surface area contributed by atoms with Gasteiger partial charge in [0.15, 0.2) is 0 Å². The van der Waals surface area contributed by atoms with E-state index in [4.69, 9.17) is 0 Å². The maximum Gasteiger partial charge on any atom is 0.324 e. The van der Waals surface area contributed by atoms with E-state index in [-0.39, 0.29) is 24.3 Å². The average molecular weight is 431 g/mol. The van der Waals surface area contributed by atoms with Gasteiger partial charge in [-0.1, -0.05) is 18.2 Å². The van der Waals surface area contributed by atoms with E-state index in [0.717, 1.165) is 33.5 Å². The molecule has 1 heterocycles. The van der Waals surface area contributed by atoms with Crippen molar-refractivity contribution in [3.8, 4) is 11.1 Å². The first-order valence-electron chi connectivity index (χ1n) is 10.1. The Balaban J connectivity index is 1.80. The molecule has 0 aliphatic carbocycles. The van der Waals surface area contributed by atoms with Crippen molar-refractivity contribution in [1.82, 2.24) is 4.90 Å². The number of aliphatic hydroxyl groups is 1. The first kappa shape index (κ1) is 22.3. The molecule has 2 amide bonds. The van der Waals surface area contributed by atoms with Crippen LogP contribution in [0.25, 0.3) is 11.1 Å². The number of sulfone groups is 1. The van der Waals surface area contributed by atoms with Gasteiger partial charge in [-0.2, -0.15) is 0 Å². The van der Waals surface area contributed by atoms with Crippen molar-refractivity contribution in [2.75, 3.05) is 37.0 Å². The Bertz CT molecular complexity index is 1030. The van der Waals surface area contributed by atoms with Gasteiger partial charge in [-0.05, 0) is 72.2 Å². The number of hydrogen-bond acceptors (Lipinski definition) is 4. The van der Waals surface area contributed by atoms with Crippen molar-refractivity contribution in [3.63, 3.8) is 0 Å². The molecule has 3 rings (SSSR count). The number of carbonyl (C=O) groups excluding carboxylic acids is 1. The van der Waals surface area contributed by atoms with Crippen LogP contribution in [-0.2, 0) is 16.4 Å². The van der Waals surface area contributed by atoms with Gasteiger partial charge in [0, 0.05) is 32.1 Å². The van der Waals surface area contributed by atoms with E-state index in [0.29, 0.717) is 19.5 Å². The third-order valence-corrected chi connectivity index (χ3v) is 6.76. The van der Waals surface area contributed by atoms with E-state index in [2.05, 4.69) is 0 Å². The number of benzene rings is 2. The first-order chi connectivity index (χ1) is 14.1. The van der Waals surface area contributed by atoms with Crippen LogP contribution < -0.4 is 4.90 Å². The average Bonchev–Trinajstić information content (AvgIpc) is 3.13. The van der Waals surface area contributed by atoms with Crippen LogP contribution in [0.3, 0.4) is 0 Å². The summed E-state index contributed by atoms with van der Waals surface area (Å²) < 4.78 is 23.1. The number of aryl methyl sites for hydroxylation is 2. The lowest BCUT2D eigenvalue weighted by Gasteiger charge is -2.26. The molecular weight excluding hydrogens is 400 g/mol. The number of hydrogen-bond donors (Lipinski definition) is 1. The zero-order chi connectivity index (χ0) is 22.1.